The zero-order chi connectivity index (χ0) is 12.5. The van der Waals surface area contributed by atoms with Crippen molar-refractivity contribution in [2.75, 3.05) is 0 Å². The molecule has 1 aromatic heterocycles. The molecule has 1 aromatic carbocycles. The lowest BCUT2D eigenvalue weighted by Crippen LogP contribution is -2.04. The van der Waals surface area contributed by atoms with Crippen LogP contribution in [0.1, 0.15) is 5.56 Å². The first-order chi connectivity index (χ1) is 7.98. The lowest BCUT2D eigenvalue weighted by Gasteiger charge is -2.07. The zero-order valence-corrected chi connectivity index (χ0v) is 9.27. The normalized spacial score (nSPS) is 11.5. The largest absolute Gasteiger partial charge is 0.416 e. The summed E-state index contributed by atoms with van der Waals surface area (Å²) in [4.78, 5) is 6.80. The maximum Gasteiger partial charge on any atom is 0.416 e. The molecule has 1 N–H and O–H groups in total. The van der Waals surface area contributed by atoms with Gasteiger partial charge in [-0.05, 0) is 12.1 Å². The maximum absolute atomic E-state index is 12.4. The number of nitrogens with one attached hydrogen (secondary N) is 1. The molecule has 0 atom stereocenters. The van der Waals surface area contributed by atoms with Gasteiger partial charge in [0.15, 0.2) is 0 Å². The average molecular weight is 256 g/mol. The quantitative estimate of drug-likeness (QED) is 0.786. The Kier molecular flexibility index (Phi) is 2.97. The predicted octanol–water partition coefficient (Wildman–Crippen LogP) is 3.82. The van der Waals surface area contributed by atoms with Gasteiger partial charge in [-0.25, -0.2) is 0 Å². The molecule has 0 radical (unpaired) electrons. The Bertz CT molecular complexity index is 572. The number of aromatic amines is 1. The summed E-state index contributed by atoms with van der Waals surface area (Å²) in [6, 6.07) is 4.74. The summed E-state index contributed by atoms with van der Waals surface area (Å²) in [5, 5.41) is 0. The highest BCUT2D eigenvalue weighted by Crippen LogP contribution is 2.30. The van der Waals surface area contributed by atoms with Gasteiger partial charge in [0.25, 0.3) is 0 Å². The summed E-state index contributed by atoms with van der Waals surface area (Å²) in [5.41, 5.74) is 0.336. The van der Waals surface area contributed by atoms with Gasteiger partial charge in [-0.3, -0.25) is 4.98 Å². The molecule has 0 saturated carbocycles. The number of nitrogens with zero attached hydrogens (tertiary/aromatic N) is 1. The summed E-state index contributed by atoms with van der Waals surface area (Å²) < 4.78 is 37.5. The van der Waals surface area contributed by atoms with Gasteiger partial charge in [0.05, 0.1) is 5.56 Å². The summed E-state index contributed by atoms with van der Waals surface area (Å²) in [7, 11) is 0. The summed E-state index contributed by atoms with van der Waals surface area (Å²) >= 11 is 5.00. The number of alkyl halides is 3. The van der Waals surface area contributed by atoms with Crippen LogP contribution in [-0.4, -0.2) is 9.97 Å². The number of hydrogen-bond acceptors (Lipinski definition) is 2. The molecule has 1 heterocycles. The number of rotatable bonds is 1. The van der Waals surface area contributed by atoms with Crippen LogP contribution in [0, 0.1) is 4.64 Å². The Morgan fingerprint density at radius 1 is 1.12 bits per heavy atom. The number of aromatic nitrogens is 2. The van der Waals surface area contributed by atoms with E-state index in [-0.39, 0.29) is 0 Å². The van der Waals surface area contributed by atoms with Crippen molar-refractivity contribution in [1.29, 1.82) is 0 Å². The number of hydrogen-bond donors (Lipinski definition) is 1. The minimum Gasteiger partial charge on any atom is -0.350 e. The summed E-state index contributed by atoms with van der Waals surface area (Å²) in [5.74, 6) is 0. The van der Waals surface area contributed by atoms with Crippen molar-refractivity contribution in [3.05, 3.63) is 46.9 Å². The maximum atomic E-state index is 12.4. The first kappa shape index (κ1) is 11.8. The molecule has 0 unspecified atom stereocenters. The van der Waals surface area contributed by atoms with Gasteiger partial charge in [0, 0.05) is 18.0 Å². The van der Waals surface area contributed by atoms with Crippen LogP contribution in [-0.2, 0) is 6.18 Å². The first-order valence-corrected chi connectivity index (χ1v) is 5.10. The lowest BCUT2D eigenvalue weighted by molar-refractivity contribution is -0.137. The van der Waals surface area contributed by atoms with E-state index in [2.05, 4.69) is 9.97 Å². The zero-order valence-electron chi connectivity index (χ0n) is 8.45. The van der Waals surface area contributed by atoms with Crippen LogP contribution in [0.2, 0.25) is 0 Å². The SMILES string of the molecule is FC(F)(F)c1ccc(-c2ncc[nH]c2=S)cc1. The second kappa shape index (κ2) is 4.29. The minimum absolute atomic E-state index is 0.396. The molecule has 0 amide bonds. The van der Waals surface area contributed by atoms with Crippen molar-refractivity contribution >= 4 is 12.2 Å². The Balaban J connectivity index is 2.44. The second-order valence-electron chi connectivity index (χ2n) is 3.34. The molecular formula is C11H7F3N2S. The third-order valence-electron chi connectivity index (χ3n) is 2.19. The van der Waals surface area contributed by atoms with Gasteiger partial charge in [-0.1, -0.05) is 24.4 Å². The van der Waals surface area contributed by atoms with Crippen molar-refractivity contribution in [2.45, 2.75) is 6.18 Å². The molecule has 0 aliphatic rings. The van der Waals surface area contributed by atoms with E-state index in [0.29, 0.717) is 15.9 Å². The Hall–Kier alpha value is -1.69. The van der Waals surface area contributed by atoms with Gasteiger partial charge < -0.3 is 4.98 Å². The minimum atomic E-state index is -4.33. The fourth-order valence-electron chi connectivity index (χ4n) is 1.37. The van der Waals surface area contributed by atoms with E-state index in [4.69, 9.17) is 12.2 Å². The summed E-state index contributed by atoms with van der Waals surface area (Å²) in [6.45, 7) is 0. The van der Waals surface area contributed by atoms with Gasteiger partial charge in [0.1, 0.15) is 10.3 Å². The Morgan fingerprint density at radius 2 is 1.76 bits per heavy atom. The Morgan fingerprint density at radius 3 is 2.29 bits per heavy atom. The van der Waals surface area contributed by atoms with E-state index in [1.807, 2.05) is 0 Å². The lowest BCUT2D eigenvalue weighted by atomic mass is 10.1. The standard InChI is InChI=1S/C11H7F3N2S/c12-11(13,14)8-3-1-7(2-4-8)9-10(17)16-6-5-15-9/h1-6H,(H,16,17). The van der Waals surface area contributed by atoms with Crippen LogP contribution < -0.4 is 0 Å². The smallest absolute Gasteiger partial charge is 0.350 e. The van der Waals surface area contributed by atoms with Gasteiger partial charge in [-0.2, -0.15) is 13.2 Å². The molecule has 0 aliphatic carbocycles. The first-order valence-electron chi connectivity index (χ1n) is 4.70. The number of halogens is 3. The predicted molar refractivity (Wildman–Crippen MR) is 59.9 cm³/mol. The monoisotopic (exact) mass is 256 g/mol. The molecule has 88 valence electrons. The van der Waals surface area contributed by atoms with Gasteiger partial charge in [0.2, 0.25) is 0 Å². The van der Waals surface area contributed by atoms with Crippen LogP contribution in [0.5, 0.6) is 0 Å². The van der Waals surface area contributed by atoms with Crippen LogP contribution in [0.4, 0.5) is 13.2 Å². The molecular weight excluding hydrogens is 249 g/mol. The average Bonchev–Trinajstić information content (AvgIpc) is 2.29. The van der Waals surface area contributed by atoms with Crippen molar-refractivity contribution in [3.8, 4) is 11.3 Å². The molecule has 0 saturated heterocycles. The van der Waals surface area contributed by atoms with E-state index < -0.39 is 11.7 Å². The van der Waals surface area contributed by atoms with Crippen molar-refractivity contribution in [3.63, 3.8) is 0 Å². The van der Waals surface area contributed by atoms with E-state index in [1.165, 1.54) is 18.3 Å². The number of H-pyrrole nitrogens is 1. The summed E-state index contributed by atoms with van der Waals surface area (Å²) in [6.07, 6.45) is -1.26. The molecule has 2 rings (SSSR count). The van der Waals surface area contributed by atoms with Crippen LogP contribution >= 0.6 is 12.2 Å². The molecule has 2 nitrogen and oxygen atoms in total. The molecule has 0 spiro atoms. The molecule has 2 aromatic rings. The van der Waals surface area contributed by atoms with Gasteiger partial charge >= 0.3 is 6.18 Å². The highest BCUT2D eigenvalue weighted by Gasteiger charge is 2.29. The van der Waals surface area contributed by atoms with Crippen LogP contribution in [0.15, 0.2) is 36.7 Å². The van der Waals surface area contributed by atoms with E-state index in [0.717, 1.165) is 12.1 Å². The third kappa shape index (κ3) is 2.52. The van der Waals surface area contributed by atoms with Crippen LogP contribution in [0.3, 0.4) is 0 Å². The highest BCUT2D eigenvalue weighted by atomic mass is 32.1. The number of benzene rings is 1. The second-order valence-corrected chi connectivity index (χ2v) is 3.75. The van der Waals surface area contributed by atoms with E-state index in [1.54, 1.807) is 6.20 Å². The van der Waals surface area contributed by atoms with E-state index >= 15 is 0 Å². The molecule has 0 aliphatic heterocycles. The topological polar surface area (TPSA) is 28.7 Å². The Labute approximate surface area is 100 Å². The third-order valence-corrected chi connectivity index (χ3v) is 2.50. The fourth-order valence-corrected chi connectivity index (χ4v) is 1.61. The van der Waals surface area contributed by atoms with E-state index in [9.17, 15) is 13.2 Å². The molecule has 6 heteroatoms. The highest BCUT2D eigenvalue weighted by molar-refractivity contribution is 7.71. The van der Waals surface area contributed by atoms with Gasteiger partial charge in [-0.15, -0.1) is 0 Å². The van der Waals surface area contributed by atoms with Crippen molar-refractivity contribution in [2.24, 2.45) is 0 Å². The molecule has 0 bridgehead atoms. The van der Waals surface area contributed by atoms with Crippen molar-refractivity contribution < 1.29 is 13.2 Å². The molecule has 17 heavy (non-hydrogen) atoms. The fraction of sp³-hybridized carbons (Fsp3) is 0.0909. The van der Waals surface area contributed by atoms with Crippen LogP contribution in [0.25, 0.3) is 11.3 Å². The van der Waals surface area contributed by atoms with Crippen molar-refractivity contribution in [1.82, 2.24) is 9.97 Å². The molecule has 0 fully saturated rings.